The van der Waals surface area contributed by atoms with Crippen LogP contribution in [0.2, 0.25) is 0 Å². The summed E-state index contributed by atoms with van der Waals surface area (Å²) < 4.78 is 27.8. The number of benzene rings is 3. The minimum Gasteiger partial charge on any atom is -0.241 e. The van der Waals surface area contributed by atoms with E-state index in [1.54, 1.807) is 18.3 Å². The third kappa shape index (κ3) is 3.45. The Labute approximate surface area is 165 Å². The molecule has 3 nitrogen and oxygen atoms in total. The summed E-state index contributed by atoms with van der Waals surface area (Å²) in [6.45, 7) is 1.94. The summed E-state index contributed by atoms with van der Waals surface area (Å²) in [4.78, 5) is 0.278. The van der Waals surface area contributed by atoms with Gasteiger partial charge in [-0.15, -0.1) is 0 Å². The molecule has 0 spiro atoms. The van der Waals surface area contributed by atoms with Crippen LogP contribution in [0.15, 0.2) is 90.0 Å². The maximum atomic E-state index is 13.2. The predicted molar refractivity (Wildman–Crippen MR) is 113 cm³/mol. The Hall–Kier alpha value is -3.29. The van der Waals surface area contributed by atoms with Crippen LogP contribution in [-0.2, 0) is 16.4 Å². The molecule has 0 unspecified atom stereocenters. The van der Waals surface area contributed by atoms with Gasteiger partial charge in [0.05, 0.1) is 10.4 Å². The molecule has 0 N–H and O–H groups in total. The van der Waals surface area contributed by atoms with E-state index in [1.165, 1.54) is 3.97 Å². The van der Waals surface area contributed by atoms with Gasteiger partial charge in [0.25, 0.3) is 10.0 Å². The fourth-order valence-corrected chi connectivity index (χ4v) is 4.54. The highest BCUT2D eigenvalue weighted by atomic mass is 32.2. The quantitative estimate of drug-likeness (QED) is 0.476. The highest BCUT2D eigenvalue weighted by Crippen LogP contribution is 2.26. The third-order valence-corrected chi connectivity index (χ3v) is 6.31. The Kier molecular flexibility index (Phi) is 4.77. The summed E-state index contributed by atoms with van der Waals surface area (Å²) in [5, 5.41) is 0.903. The summed E-state index contributed by atoms with van der Waals surface area (Å²) >= 11 is 0. The highest BCUT2D eigenvalue weighted by Gasteiger charge is 2.20. The lowest BCUT2D eigenvalue weighted by atomic mass is 10.1. The van der Waals surface area contributed by atoms with E-state index < -0.39 is 10.0 Å². The van der Waals surface area contributed by atoms with Crippen LogP contribution < -0.4 is 0 Å². The van der Waals surface area contributed by atoms with Gasteiger partial charge in [-0.05, 0) is 42.8 Å². The SMILES string of the molecule is Cc1ccc(S(=O)(=O)n2cc(CC#Cc3ccccc3)c3ccccc32)cc1. The Balaban J connectivity index is 1.77. The number of hydrogen-bond donors (Lipinski definition) is 0. The van der Waals surface area contributed by atoms with Crippen molar-refractivity contribution in [3.05, 3.63) is 102 Å². The van der Waals surface area contributed by atoms with E-state index in [2.05, 4.69) is 11.8 Å². The largest absolute Gasteiger partial charge is 0.268 e. The first-order chi connectivity index (χ1) is 13.6. The third-order valence-electron chi connectivity index (χ3n) is 4.62. The van der Waals surface area contributed by atoms with Crippen LogP contribution in [0, 0.1) is 18.8 Å². The lowest BCUT2D eigenvalue weighted by Gasteiger charge is -2.07. The molecule has 0 fully saturated rings. The van der Waals surface area contributed by atoms with Gasteiger partial charge in [0, 0.05) is 23.6 Å². The van der Waals surface area contributed by atoms with Crippen molar-refractivity contribution in [3.8, 4) is 11.8 Å². The topological polar surface area (TPSA) is 39.1 Å². The lowest BCUT2D eigenvalue weighted by molar-refractivity contribution is 0.589. The molecule has 0 radical (unpaired) electrons. The van der Waals surface area contributed by atoms with Crippen LogP contribution in [-0.4, -0.2) is 12.4 Å². The number of para-hydroxylation sites is 1. The number of aryl methyl sites for hydroxylation is 1. The summed E-state index contributed by atoms with van der Waals surface area (Å²) in [6.07, 6.45) is 2.17. The molecular weight excluding hydrogens is 366 g/mol. The standard InChI is InChI=1S/C24H19NO2S/c1-19-14-16-22(17-15-19)28(26,27)25-18-21(23-12-5-6-13-24(23)25)11-7-10-20-8-3-2-4-9-20/h2-6,8-9,12-18H,11H2,1H3. The second-order valence-corrected chi connectivity index (χ2v) is 8.44. The summed E-state index contributed by atoms with van der Waals surface area (Å²) in [6, 6.07) is 24.2. The van der Waals surface area contributed by atoms with Gasteiger partial charge in [-0.3, -0.25) is 0 Å². The molecule has 0 amide bonds. The number of rotatable bonds is 3. The van der Waals surface area contributed by atoms with Gasteiger partial charge in [-0.2, -0.15) is 0 Å². The summed E-state index contributed by atoms with van der Waals surface area (Å²) in [5.41, 5.74) is 3.53. The molecule has 0 saturated heterocycles. The highest BCUT2D eigenvalue weighted by molar-refractivity contribution is 7.90. The average molecular weight is 385 g/mol. The molecule has 4 aromatic rings. The molecular formula is C24H19NO2S. The molecule has 1 aromatic heterocycles. The summed E-state index contributed by atoms with van der Waals surface area (Å²) in [7, 11) is -3.67. The second-order valence-electron chi connectivity index (χ2n) is 6.63. The number of hydrogen-bond acceptors (Lipinski definition) is 2. The minimum atomic E-state index is -3.67. The van der Waals surface area contributed by atoms with E-state index in [4.69, 9.17) is 0 Å². The maximum absolute atomic E-state index is 13.2. The zero-order valence-electron chi connectivity index (χ0n) is 15.5. The first-order valence-corrected chi connectivity index (χ1v) is 10.4. The fraction of sp³-hybridized carbons (Fsp3) is 0.0833. The van der Waals surface area contributed by atoms with E-state index in [0.717, 1.165) is 22.1 Å². The predicted octanol–water partition coefficient (Wildman–Crippen LogP) is 4.78. The normalized spacial score (nSPS) is 11.2. The van der Waals surface area contributed by atoms with Gasteiger partial charge in [-0.25, -0.2) is 12.4 Å². The van der Waals surface area contributed by atoms with E-state index in [9.17, 15) is 8.42 Å². The van der Waals surface area contributed by atoms with Crippen LogP contribution >= 0.6 is 0 Å². The smallest absolute Gasteiger partial charge is 0.241 e. The Morgan fingerprint density at radius 3 is 2.29 bits per heavy atom. The van der Waals surface area contributed by atoms with Crippen LogP contribution in [0.5, 0.6) is 0 Å². The first-order valence-electron chi connectivity index (χ1n) is 9.01. The first kappa shape index (κ1) is 18.1. The molecule has 4 heteroatoms. The zero-order valence-corrected chi connectivity index (χ0v) is 16.3. The number of fused-ring (bicyclic) bond motifs is 1. The van der Waals surface area contributed by atoms with Crippen molar-refractivity contribution in [1.29, 1.82) is 0 Å². The van der Waals surface area contributed by atoms with Crippen LogP contribution in [0.1, 0.15) is 16.7 Å². The second kappa shape index (κ2) is 7.38. The van der Waals surface area contributed by atoms with Crippen molar-refractivity contribution in [2.45, 2.75) is 18.2 Å². The average Bonchev–Trinajstić information content (AvgIpc) is 3.09. The van der Waals surface area contributed by atoms with Gasteiger partial charge < -0.3 is 0 Å². The fourth-order valence-electron chi connectivity index (χ4n) is 3.14. The van der Waals surface area contributed by atoms with Crippen LogP contribution in [0.4, 0.5) is 0 Å². The van der Waals surface area contributed by atoms with Gasteiger partial charge in [-0.1, -0.05) is 65.9 Å². The van der Waals surface area contributed by atoms with Crippen molar-refractivity contribution in [1.82, 2.24) is 3.97 Å². The zero-order chi connectivity index (χ0) is 19.6. The minimum absolute atomic E-state index is 0.278. The molecule has 0 aliphatic heterocycles. The molecule has 0 bridgehead atoms. The Bertz CT molecular complexity index is 1290. The Morgan fingerprint density at radius 1 is 0.857 bits per heavy atom. The van der Waals surface area contributed by atoms with E-state index in [1.807, 2.05) is 73.7 Å². The summed E-state index contributed by atoms with van der Waals surface area (Å²) in [5.74, 6) is 6.30. The number of aromatic nitrogens is 1. The molecule has 0 saturated carbocycles. The molecule has 4 rings (SSSR count). The number of nitrogens with zero attached hydrogens (tertiary/aromatic N) is 1. The molecule has 3 aromatic carbocycles. The molecule has 0 atom stereocenters. The van der Waals surface area contributed by atoms with Gasteiger partial charge in [0.2, 0.25) is 0 Å². The van der Waals surface area contributed by atoms with Crippen molar-refractivity contribution >= 4 is 20.9 Å². The van der Waals surface area contributed by atoms with E-state index in [0.29, 0.717) is 11.9 Å². The molecule has 0 aliphatic carbocycles. The van der Waals surface area contributed by atoms with E-state index >= 15 is 0 Å². The molecule has 138 valence electrons. The van der Waals surface area contributed by atoms with Crippen molar-refractivity contribution < 1.29 is 8.42 Å². The van der Waals surface area contributed by atoms with Crippen LogP contribution in [0.25, 0.3) is 10.9 Å². The van der Waals surface area contributed by atoms with Crippen molar-refractivity contribution in [2.24, 2.45) is 0 Å². The maximum Gasteiger partial charge on any atom is 0.268 e. The molecule has 28 heavy (non-hydrogen) atoms. The van der Waals surface area contributed by atoms with Gasteiger partial charge in [0.15, 0.2) is 0 Å². The van der Waals surface area contributed by atoms with Gasteiger partial charge >= 0.3 is 0 Å². The molecule has 0 aliphatic rings. The van der Waals surface area contributed by atoms with Crippen LogP contribution in [0.3, 0.4) is 0 Å². The Morgan fingerprint density at radius 2 is 1.54 bits per heavy atom. The monoisotopic (exact) mass is 385 g/mol. The van der Waals surface area contributed by atoms with Gasteiger partial charge in [0.1, 0.15) is 0 Å². The lowest BCUT2D eigenvalue weighted by Crippen LogP contribution is -2.11. The molecule has 1 heterocycles. The van der Waals surface area contributed by atoms with Crippen molar-refractivity contribution in [3.63, 3.8) is 0 Å². The van der Waals surface area contributed by atoms with Crippen molar-refractivity contribution in [2.75, 3.05) is 0 Å². The van der Waals surface area contributed by atoms with E-state index in [-0.39, 0.29) is 4.90 Å².